The molecule has 1 heterocycles. The van der Waals surface area contributed by atoms with Crippen molar-refractivity contribution in [1.82, 2.24) is 14.4 Å². The molecular weight excluding hydrogens is 362 g/mol. The second kappa shape index (κ2) is 6.78. The van der Waals surface area contributed by atoms with Gasteiger partial charge in [-0.25, -0.2) is 0 Å². The van der Waals surface area contributed by atoms with Crippen molar-refractivity contribution in [3.05, 3.63) is 76.6 Å². The Labute approximate surface area is 150 Å². The predicted octanol–water partition coefficient (Wildman–Crippen LogP) is 2.90. The molecule has 0 radical (unpaired) electrons. The number of Topliss-reactive ketones (excluding diaryl/α,β-unsaturated/α-hetero) is 1. The molecule has 25 heavy (non-hydrogen) atoms. The Morgan fingerprint density at radius 2 is 1.72 bits per heavy atom. The molecule has 0 aliphatic heterocycles. The van der Waals surface area contributed by atoms with Crippen LogP contribution in [-0.4, -0.2) is 28.6 Å². The van der Waals surface area contributed by atoms with Crippen LogP contribution in [0.4, 0.5) is 0 Å². The van der Waals surface area contributed by atoms with Gasteiger partial charge in [0.05, 0.1) is 11.1 Å². The maximum absolute atomic E-state index is 12.5. The summed E-state index contributed by atoms with van der Waals surface area (Å²) >= 11 is 5.81. The molecule has 0 aliphatic carbocycles. The van der Waals surface area contributed by atoms with Gasteiger partial charge in [0.25, 0.3) is 10.0 Å². The van der Waals surface area contributed by atoms with Gasteiger partial charge in [-0.05, 0) is 36.8 Å². The molecule has 3 aromatic rings. The lowest BCUT2D eigenvalue weighted by Crippen LogP contribution is -2.13. The molecule has 0 atom stereocenters. The number of carbonyl (C=O) groups is 1. The molecule has 0 spiro atoms. The van der Waals surface area contributed by atoms with Crippen LogP contribution in [0.25, 0.3) is 0 Å². The van der Waals surface area contributed by atoms with Gasteiger partial charge < -0.3 is 0 Å². The Morgan fingerprint density at radius 3 is 2.36 bits per heavy atom. The van der Waals surface area contributed by atoms with Gasteiger partial charge in [-0.15, -0.1) is 9.19 Å². The quantitative estimate of drug-likeness (QED) is 0.640. The highest BCUT2D eigenvalue weighted by Crippen LogP contribution is 2.15. The summed E-state index contributed by atoms with van der Waals surface area (Å²) < 4.78 is 25.7. The smallest absolute Gasteiger partial charge is 0.284 e. The van der Waals surface area contributed by atoms with Crippen molar-refractivity contribution >= 4 is 27.4 Å². The van der Waals surface area contributed by atoms with Crippen molar-refractivity contribution in [2.75, 3.05) is 0 Å². The highest BCUT2D eigenvalue weighted by Gasteiger charge is 2.21. The fourth-order valence-electron chi connectivity index (χ4n) is 2.19. The number of aromatic nitrogens is 3. The van der Waals surface area contributed by atoms with E-state index in [0.29, 0.717) is 9.11 Å². The number of hydrogen-bond donors (Lipinski definition) is 0. The zero-order valence-electron chi connectivity index (χ0n) is 13.3. The van der Waals surface area contributed by atoms with Gasteiger partial charge in [0.1, 0.15) is 5.69 Å². The van der Waals surface area contributed by atoms with Crippen molar-refractivity contribution in [2.45, 2.75) is 18.2 Å². The van der Waals surface area contributed by atoms with E-state index in [2.05, 4.69) is 10.3 Å². The van der Waals surface area contributed by atoms with E-state index in [0.717, 1.165) is 17.3 Å². The number of ketones is 1. The van der Waals surface area contributed by atoms with Gasteiger partial charge in [-0.2, -0.15) is 8.42 Å². The van der Waals surface area contributed by atoms with Crippen LogP contribution in [-0.2, 0) is 16.4 Å². The van der Waals surface area contributed by atoms with E-state index in [9.17, 15) is 13.2 Å². The third kappa shape index (κ3) is 3.78. The Morgan fingerprint density at radius 1 is 1.08 bits per heavy atom. The molecule has 0 N–H and O–H groups in total. The lowest BCUT2D eigenvalue weighted by molar-refractivity contribution is 0.0988. The summed E-state index contributed by atoms with van der Waals surface area (Å²) in [6.07, 6.45) is 1.22. The predicted molar refractivity (Wildman–Crippen MR) is 93.3 cm³/mol. The molecule has 0 unspecified atom stereocenters. The summed E-state index contributed by atoms with van der Waals surface area (Å²) in [6.45, 7) is 1.86. The van der Waals surface area contributed by atoms with Crippen molar-refractivity contribution in [2.24, 2.45) is 0 Å². The molecule has 0 amide bonds. The molecule has 0 fully saturated rings. The van der Waals surface area contributed by atoms with Crippen molar-refractivity contribution in [3.8, 4) is 0 Å². The summed E-state index contributed by atoms with van der Waals surface area (Å²) in [7, 11) is -3.87. The number of nitrogens with zero attached hydrogens (tertiary/aromatic N) is 3. The fourth-order valence-corrected chi connectivity index (χ4v) is 3.38. The van der Waals surface area contributed by atoms with E-state index in [4.69, 9.17) is 11.6 Å². The van der Waals surface area contributed by atoms with Crippen molar-refractivity contribution < 1.29 is 13.2 Å². The minimum absolute atomic E-state index is 0.00867. The minimum Gasteiger partial charge on any atom is -0.292 e. The molecule has 128 valence electrons. The number of hydrogen-bond acceptors (Lipinski definition) is 5. The number of carbonyl (C=O) groups excluding carboxylic acids is 1. The highest BCUT2D eigenvalue weighted by atomic mass is 35.5. The lowest BCUT2D eigenvalue weighted by atomic mass is 10.1. The zero-order chi connectivity index (χ0) is 18.0. The second-order valence-corrected chi connectivity index (χ2v) is 7.75. The molecule has 6 nitrogen and oxygen atoms in total. The first-order valence-electron chi connectivity index (χ1n) is 7.38. The minimum atomic E-state index is -3.87. The number of benzene rings is 2. The van der Waals surface area contributed by atoms with Crippen molar-refractivity contribution in [3.63, 3.8) is 0 Å². The van der Waals surface area contributed by atoms with E-state index in [1.54, 1.807) is 36.4 Å². The first-order valence-corrected chi connectivity index (χ1v) is 9.20. The molecule has 0 bridgehead atoms. The van der Waals surface area contributed by atoms with Crippen LogP contribution in [0.3, 0.4) is 0 Å². The summed E-state index contributed by atoms with van der Waals surface area (Å²) in [5.41, 5.74) is 1.69. The maximum atomic E-state index is 12.5. The fraction of sp³-hybridized carbons (Fsp3) is 0.118. The third-order valence-electron chi connectivity index (χ3n) is 3.60. The highest BCUT2D eigenvalue weighted by molar-refractivity contribution is 7.89. The van der Waals surface area contributed by atoms with Crippen LogP contribution in [0.1, 0.15) is 21.6 Å². The first-order chi connectivity index (χ1) is 11.9. The standard InChI is InChI=1S/C17H14ClN3O3S/c1-12-2-8-15(9-3-12)25(23,24)21-11-16(19-20-21)17(22)10-13-4-6-14(18)7-5-13/h2-9,11H,10H2,1H3. The molecule has 0 saturated heterocycles. The second-order valence-electron chi connectivity index (χ2n) is 5.52. The SMILES string of the molecule is Cc1ccc(S(=O)(=O)n2cc(C(=O)Cc3ccc(Cl)cc3)nn2)cc1. The number of halogens is 1. The Bertz CT molecular complexity index is 1010. The Hall–Kier alpha value is -2.51. The van der Waals surface area contributed by atoms with Crippen LogP contribution in [0.5, 0.6) is 0 Å². The normalized spacial score (nSPS) is 11.4. The van der Waals surface area contributed by atoms with Crippen LogP contribution < -0.4 is 0 Å². The summed E-state index contributed by atoms with van der Waals surface area (Å²) in [5.74, 6) is -0.326. The molecule has 0 aliphatic rings. The van der Waals surface area contributed by atoms with Crippen molar-refractivity contribution in [1.29, 1.82) is 0 Å². The summed E-state index contributed by atoms with van der Waals surface area (Å²) in [6, 6.07) is 13.2. The van der Waals surface area contributed by atoms with Crippen LogP contribution >= 0.6 is 11.6 Å². The van der Waals surface area contributed by atoms with E-state index in [1.165, 1.54) is 12.1 Å². The maximum Gasteiger partial charge on any atom is 0.284 e. The molecule has 0 saturated carbocycles. The van der Waals surface area contributed by atoms with Gasteiger partial charge in [-0.3, -0.25) is 4.79 Å². The monoisotopic (exact) mass is 375 g/mol. The van der Waals surface area contributed by atoms with Gasteiger partial charge in [-0.1, -0.05) is 46.6 Å². The average Bonchev–Trinajstić information content (AvgIpc) is 3.08. The number of rotatable bonds is 5. The van der Waals surface area contributed by atoms with E-state index < -0.39 is 10.0 Å². The van der Waals surface area contributed by atoms with Crippen LogP contribution in [0.15, 0.2) is 59.6 Å². The van der Waals surface area contributed by atoms with E-state index in [-0.39, 0.29) is 22.8 Å². The van der Waals surface area contributed by atoms with Gasteiger partial charge in [0.2, 0.25) is 0 Å². The van der Waals surface area contributed by atoms with E-state index >= 15 is 0 Å². The first kappa shape index (κ1) is 17.3. The zero-order valence-corrected chi connectivity index (χ0v) is 14.8. The summed E-state index contributed by atoms with van der Waals surface area (Å²) in [5, 5.41) is 7.87. The largest absolute Gasteiger partial charge is 0.292 e. The van der Waals surface area contributed by atoms with Gasteiger partial charge in [0, 0.05) is 11.4 Å². The van der Waals surface area contributed by atoms with Gasteiger partial charge >= 0.3 is 0 Å². The lowest BCUT2D eigenvalue weighted by Gasteiger charge is -2.03. The summed E-state index contributed by atoms with van der Waals surface area (Å²) in [4.78, 5) is 12.4. The Kier molecular flexibility index (Phi) is 4.69. The molecule has 1 aromatic heterocycles. The van der Waals surface area contributed by atoms with E-state index in [1.807, 2.05) is 6.92 Å². The molecule has 2 aromatic carbocycles. The van der Waals surface area contributed by atoms with Crippen LogP contribution in [0.2, 0.25) is 5.02 Å². The molecule has 3 rings (SSSR count). The van der Waals surface area contributed by atoms with Gasteiger partial charge in [0.15, 0.2) is 5.78 Å². The average molecular weight is 376 g/mol. The van der Waals surface area contributed by atoms with Crippen LogP contribution in [0, 0.1) is 6.92 Å². The number of aryl methyl sites for hydroxylation is 1. The molecule has 8 heteroatoms. The third-order valence-corrected chi connectivity index (χ3v) is 5.39. The molecular formula is C17H14ClN3O3S. The topological polar surface area (TPSA) is 81.9 Å². The Balaban J connectivity index is 1.82.